The van der Waals surface area contributed by atoms with E-state index in [1.807, 2.05) is 18.3 Å². The van der Waals surface area contributed by atoms with Crippen molar-refractivity contribution in [2.75, 3.05) is 62.5 Å². The molecule has 3 aliphatic heterocycles. The minimum Gasteiger partial charge on any atom is -0.440 e. The van der Waals surface area contributed by atoms with Gasteiger partial charge in [0.1, 0.15) is 5.82 Å². The Kier molecular flexibility index (Phi) is 5.70. The molecule has 0 bridgehead atoms. The zero-order valence-electron chi connectivity index (χ0n) is 17.4. The van der Waals surface area contributed by atoms with Crippen molar-refractivity contribution in [2.45, 2.75) is 19.3 Å². The van der Waals surface area contributed by atoms with E-state index in [0.29, 0.717) is 25.0 Å². The maximum Gasteiger partial charge on any atom is 0.412 e. The maximum absolute atomic E-state index is 12.2. The molecule has 0 radical (unpaired) electrons. The fourth-order valence-corrected chi connectivity index (χ4v) is 4.13. The van der Waals surface area contributed by atoms with Crippen LogP contribution in [0.25, 0.3) is 0 Å². The summed E-state index contributed by atoms with van der Waals surface area (Å²) in [6.45, 7) is 4.77. The summed E-state index contributed by atoms with van der Waals surface area (Å²) in [7, 11) is 0. The van der Waals surface area contributed by atoms with E-state index in [2.05, 4.69) is 19.8 Å². The predicted octanol–water partition coefficient (Wildman–Crippen LogP) is 1.97. The molecule has 3 aliphatic rings. The number of fused-ring (bicyclic) bond motifs is 1. The minimum atomic E-state index is -0.339. The highest BCUT2D eigenvalue weighted by Gasteiger charge is 2.30. The molecule has 0 saturated carbocycles. The standard InChI is InChI=1S/C21H26N6O4/c28-21(26-7-1-2-8-26)31-15-30-19-17-5-9-27(16-4-3-6-22-14-16)18(17)23-20(24-19)25-10-12-29-13-11-25/h3-4,6,14H,1-2,5,7-13,15H2. The molecule has 164 valence electrons. The second-order valence-electron chi connectivity index (χ2n) is 7.71. The Morgan fingerprint density at radius 3 is 2.71 bits per heavy atom. The molecule has 2 saturated heterocycles. The average molecular weight is 426 g/mol. The second-order valence-corrected chi connectivity index (χ2v) is 7.71. The van der Waals surface area contributed by atoms with Crippen LogP contribution in [0.4, 0.5) is 22.2 Å². The zero-order chi connectivity index (χ0) is 21.0. The van der Waals surface area contributed by atoms with Gasteiger partial charge < -0.3 is 28.9 Å². The first kappa shape index (κ1) is 19.8. The first-order chi connectivity index (χ1) is 15.3. The van der Waals surface area contributed by atoms with Crippen LogP contribution < -0.4 is 14.5 Å². The van der Waals surface area contributed by atoms with Crippen LogP contribution in [0, 0.1) is 0 Å². The molecule has 2 aromatic rings. The highest BCUT2D eigenvalue weighted by atomic mass is 16.7. The van der Waals surface area contributed by atoms with Crippen molar-refractivity contribution in [2.24, 2.45) is 0 Å². The van der Waals surface area contributed by atoms with Gasteiger partial charge in [0.25, 0.3) is 0 Å². The maximum atomic E-state index is 12.2. The fraction of sp³-hybridized carbons (Fsp3) is 0.524. The SMILES string of the molecule is O=C(OCOc1nc(N2CCOCC2)nc2c1CCN2c1cccnc1)N1CCCC1. The third kappa shape index (κ3) is 4.20. The second kappa shape index (κ2) is 8.93. The Balaban J connectivity index is 1.38. The van der Waals surface area contributed by atoms with E-state index in [0.717, 1.165) is 69.1 Å². The van der Waals surface area contributed by atoms with Gasteiger partial charge in [-0.05, 0) is 31.4 Å². The average Bonchev–Trinajstić information content (AvgIpc) is 3.50. The third-order valence-electron chi connectivity index (χ3n) is 5.77. The predicted molar refractivity (Wildman–Crippen MR) is 113 cm³/mol. The molecule has 31 heavy (non-hydrogen) atoms. The topological polar surface area (TPSA) is 93.1 Å². The summed E-state index contributed by atoms with van der Waals surface area (Å²) in [5.74, 6) is 1.87. The van der Waals surface area contributed by atoms with E-state index >= 15 is 0 Å². The number of ether oxygens (including phenoxy) is 3. The number of nitrogens with zero attached hydrogens (tertiary/aromatic N) is 6. The normalized spacial score (nSPS) is 18.3. The molecule has 5 heterocycles. The number of pyridine rings is 1. The van der Waals surface area contributed by atoms with Gasteiger partial charge in [-0.3, -0.25) is 4.98 Å². The molecule has 2 fully saturated rings. The van der Waals surface area contributed by atoms with Gasteiger partial charge in [0.2, 0.25) is 18.6 Å². The molecule has 1 amide bonds. The lowest BCUT2D eigenvalue weighted by Gasteiger charge is -2.28. The number of likely N-dealkylation sites (tertiary alicyclic amines) is 1. The van der Waals surface area contributed by atoms with Gasteiger partial charge in [-0.25, -0.2) is 4.79 Å². The van der Waals surface area contributed by atoms with Crippen LogP contribution in [0.5, 0.6) is 5.88 Å². The van der Waals surface area contributed by atoms with Crippen LogP contribution in [0.1, 0.15) is 18.4 Å². The summed E-state index contributed by atoms with van der Waals surface area (Å²) in [4.78, 5) is 31.9. The number of carbonyl (C=O) groups is 1. The van der Waals surface area contributed by atoms with Gasteiger partial charge in [0.05, 0.1) is 30.7 Å². The summed E-state index contributed by atoms with van der Waals surface area (Å²) in [5, 5.41) is 0. The number of hydrogen-bond donors (Lipinski definition) is 0. The molecule has 10 heteroatoms. The molecule has 0 spiro atoms. The van der Waals surface area contributed by atoms with E-state index in [1.54, 1.807) is 11.1 Å². The van der Waals surface area contributed by atoms with Crippen molar-refractivity contribution >= 4 is 23.5 Å². The molecular weight excluding hydrogens is 400 g/mol. The summed E-state index contributed by atoms with van der Waals surface area (Å²) in [5.41, 5.74) is 1.89. The molecule has 0 N–H and O–H groups in total. The van der Waals surface area contributed by atoms with Gasteiger partial charge in [0, 0.05) is 38.9 Å². The number of carbonyl (C=O) groups excluding carboxylic acids is 1. The van der Waals surface area contributed by atoms with Gasteiger partial charge in [-0.2, -0.15) is 9.97 Å². The van der Waals surface area contributed by atoms with E-state index in [-0.39, 0.29) is 12.9 Å². The third-order valence-corrected chi connectivity index (χ3v) is 5.77. The Hall–Kier alpha value is -3.14. The Bertz CT molecular complexity index is 916. The van der Waals surface area contributed by atoms with Gasteiger partial charge in [-0.1, -0.05) is 0 Å². The Labute approximate surface area is 180 Å². The minimum absolute atomic E-state index is 0.172. The molecule has 5 rings (SSSR count). The van der Waals surface area contributed by atoms with Crippen LogP contribution in [0.3, 0.4) is 0 Å². The van der Waals surface area contributed by atoms with E-state index < -0.39 is 0 Å². The highest BCUT2D eigenvalue weighted by Crippen LogP contribution is 2.38. The molecule has 10 nitrogen and oxygen atoms in total. The lowest BCUT2D eigenvalue weighted by molar-refractivity contribution is 0.0364. The van der Waals surface area contributed by atoms with Gasteiger partial charge >= 0.3 is 6.09 Å². The van der Waals surface area contributed by atoms with Crippen LogP contribution in [-0.2, 0) is 15.9 Å². The van der Waals surface area contributed by atoms with Crippen LogP contribution >= 0.6 is 0 Å². The van der Waals surface area contributed by atoms with Crippen LogP contribution in [-0.4, -0.2) is 78.7 Å². The number of rotatable bonds is 5. The van der Waals surface area contributed by atoms with Crippen molar-refractivity contribution in [3.05, 3.63) is 30.1 Å². The first-order valence-corrected chi connectivity index (χ1v) is 10.8. The number of amides is 1. The molecule has 2 aromatic heterocycles. The van der Waals surface area contributed by atoms with Crippen molar-refractivity contribution < 1.29 is 19.0 Å². The quantitative estimate of drug-likeness (QED) is 0.665. The monoisotopic (exact) mass is 426 g/mol. The molecule has 0 aliphatic carbocycles. The zero-order valence-corrected chi connectivity index (χ0v) is 17.4. The highest BCUT2D eigenvalue weighted by molar-refractivity contribution is 5.69. The van der Waals surface area contributed by atoms with E-state index in [9.17, 15) is 4.79 Å². The molecule has 0 atom stereocenters. The smallest absolute Gasteiger partial charge is 0.412 e. The molecular formula is C21H26N6O4. The van der Waals surface area contributed by atoms with Crippen molar-refractivity contribution in [1.29, 1.82) is 0 Å². The Morgan fingerprint density at radius 2 is 1.94 bits per heavy atom. The number of morpholine rings is 1. The summed E-state index contributed by atoms with van der Waals surface area (Å²) >= 11 is 0. The first-order valence-electron chi connectivity index (χ1n) is 10.8. The summed E-state index contributed by atoms with van der Waals surface area (Å²) in [6, 6.07) is 3.92. The number of aromatic nitrogens is 3. The van der Waals surface area contributed by atoms with Crippen molar-refractivity contribution in [3.63, 3.8) is 0 Å². The van der Waals surface area contributed by atoms with Crippen molar-refractivity contribution in [1.82, 2.24) is 19.9 Å². The van der Waals surface area contributed by atoms with E-state index in [4.69, 9.17) is 19.2 Å². The summed E-state index contributed by atoms with van der Waals surface area (Å²) < 4.78 is 16.7. The van der Waals surface area contributed by atoms with Gasteiger partial charge in [0.15, 0.2) is 0 Å². The fourth-order valence-electron chi connectivity index (χ4n) is 4.13. The Morgan fingerprint density at radius 1 is 1.10 bits per heavy atom. The van der Waals surface area contributed by atoms with Crippen molar-refractivity contribution in [3.8, 4) is 5.88 Å². The van der Waals surface area contributed by atoms with E-state index in [1.165, 1.54) is 0 Å². The molecule has 0 aromatic carbocycles. The van der Waals surface area contributed by atoms with Crippen LogP contribution in [0.15, 0.2) is 24.5 Å². The molecule has 0 unspecified atom stereocenters. The largest absolute Gasteiger partial charge is 0.440 e. The summed E-state index contributed by atoms with van der Waals surface area (Å²) in [6.07, 6.45) is 6.01. The van der Waals surface area contributed by atoms with Crippen LogP contribution in [0.2, 0.25) is 0 Å². The lowest BCUT2D eigenvalue weighted by Crippen LogP contribution is -2.37. The number of anilines is 3. The lowest BCUT2D eigenvalue weighted by atomic mass is 10.2. The number of hydrogen-bond acceptors (Lipinski definition) is 9. The van der Waals surface area contributed by atoms with Gasteiger partial charge in [-0.15, -0.1) is 0 Å².